The van der Waals surface area contributed by atoms with Gasteiger partial charge in [0.2, 0.25) is 0 Å². The summed E-state index contributed by atoms with van der Waals surface area (Å²) in [5.74, 6) is 5.84. The summed E-state index contributed by atoms with van der Waals surface area (Å²) in [6, 6.07) is 3.61. The van der Waals surface area contributed by atoms with Crippen LogP contribution in [0.1, 0.15) is 21.0 Å². The van der Waals surface area contributed by atoms with Crippen molar-refractivity contribution in [2.24, 2.45) is 5.73 Å². The van der Waals surface area contributed by atoms with Gasteiger partial charge in [-0.1, -0.05) is 11.8 Å². The highest BCUT2D eigenvalue weighted by molar-refractivity contribution is 7.14. The second-order valence-electron chi connectivity index (χ2n) is 2.16. The van der Waals surface area contributed by atoms with Crippen LogP contribution in [0.4, 0.5) is 0 Å². The smallest absolute Gasteiger partial charge is 0.160 e. The highest BCUT2D eigenvalue weighted by atomic mass is 32.1. The fraction of sp³-hybridized carbons (Fsp3) is 0.222. The molecule has 0 spiro atoms. The Bertz CT molecular complexity index is 319. The lowest BCUT2D eigenvalue weighted by molar-refractivity contribution is 0.112. The second-order valence-corrected chi connectivity index (χ2v) is 3.28. The summed E-state index contributed by atoms with van der Waals surface area (Å²) in [5, 5.41) is 0. The molecule has 0 radical (unpaired) electrons. The quantitative estimate of drug-likeness (QED) is 0.548. The van der Waals surface area contributed by atoms with Crippen LogP contribution in [0.25, 0.3) is 0 Å². The molecule has 0 bridgehead atoms. The Kier molecular flexibility index (Phi) is 3.52. The molecule has 1 aromatic heterocycles. The molecular weight excluding hydrogens is 170 g/mol. The van der Waals surface area contributed by atoms with Crippen LogP contribution < -0.4 is 5.73 Å². The molecule has 3 heteroatoms. The van der Waals surface area contributed by atoms with Crippen LogP contribution in [-0.2, 0) is 0 Å². The van der Waals surface area contributed by atoms with Gasteiger partial charge in [0, 0.05) is 13.0 Å². The van der Waals surface area contributed by atoms with Crippen molar-refractivity contribution < 1.29 is 4.79 Å². The zero-order valence-electron chi connectivity index (χ0n) is 6.54. The van der Waals surface area contributed by atoms with Crippen molar-refractivity contribution in [3.8, 4) is 11.8 Å². The first-order valence-corrected chi connectivity index (χ1v) is 4.42. The van der Waals surface area contributed by atoms with E-state index in [1.165, 1.54) is 11.3 Å². The molecular formula is C9H9NOS. The number of carbonyl (C=O) groups excluding carboxylic acids is 1. The van der Waals surface area contributed by atoms with Crippen molar-refractivity contribution in [2.45, 2.75) is 6.42 Å². The lowest BCUT2D eigenvalue weighted by atomic mass is 10.4. The van der Waals surface area contributed by atoms with Crippen molar-refractivity contribution in [1.29, 1.82) is 0 Å². The molecule has 12 heavy (non-hydrogen) atoms. The van der Waals surface area contributed by atoms with Crippen LogP contribution in [0, 0.1) is 11.8 Å². The Labute approximate surface area is 75.4 Å². The van der Waals surface area contributed by atoms with E-state index in [0.717, 1.165) is 11.2 Å². The second kappa shape index (κ2) is 4.70. The van der Waals surface area contributed by atoms with Crippen molar-refractivity contribution in [2.75, 3.05) is 6.54 Å². The predicted molar refractivity (Wildman–Crippen MR) is 50.3 cm³/mol. The molecule has 0 atom stereocenters. The van der Waals surface area contributed by atoms with Crippen LogP contribution in [-0.4, -0.2) is 12.8 Å². The van der Waals surface area contributed by atoms with E-state index >= 15 is 0 Å². The summed E-state index contributed by atoms with van der Waals surface area (Å²) in [5.41, 5.74) is 5.27. The van der Waals surface area contributed by atoms with Crippen LogP contribution in [0.5, 0.6) is 0 Å². The Hall–Kier alpha value is -1.11. The van der Waals surface area contributed by atoms with Crippen molar-refractivity contribution in [1.82, 2.24) is 0 Å². The van der Waals surface area contributed by atoms with Crippen molar-refractivity contribution >= 4 is 17.6 Å². The summed E-state index contributed by atoms with van der Waals surface area (Å²) in [6.45, 7) is 0.582. The molecule has 0 saturated carbocycles. The average Bonchev–Trinajstić information content (AvgIpc) is 2.53. The molecule has 0 aliphatic carbocycles. The molecule has 0 aliphatic heterocycles. The maximum absolute atomic E-state index is 10.3. The third-order valence-electron chi connectivity index (χ3n) is 1.22. The van der Waals surface area contributed by atoms with Gasteiger partial charge in [-0.25, -0.2) is 0 Å². The minimum Gasteiger partial charge on any atom is -0.330 e. The number of carbonyl (C=O) groups is 1. The Morgan fingerprint density at radius 2 is 2.42 bits per heavy atom. The standard InChI is InChI=1S/C9H9NOS/c10-6-2-1-3-8-4-5-9(7-11)12-8/h4-5,7H,2,6,10H2. The van der Waals surface area contributed by atoms with Crippen LogP contribution in [0.2, 0.25) is 0 Å². The van der Waals surface area contributed by atoms with Gasteiger partial charge in [0.05, 0.1) is 9.75 Å². The summed E-state index contributed by atoms with van der Waals surface area (Å²) < 4.78 is 0. The van der Waals surface area contributed by atoms with Gasteiger partial charge < -0.3 is 5.73 Å². The third-order valence-corrected chi connectivity index (χ3v) is 2.15. The molecule has 2 nitrogen and oxygen atoms in total. The molecule has 1 heterocycles. The Balaban J connectivity index is 2.65. The number of hydrogen-bond donors (Lipinski definition) is 1. The zero-order valence-corrected chi connectivity index (χ0v) is 7.36. The molecule has 0 amide bonds. The van der Waals surface area contributed by atoms with E-state index in [-0.39, 0.29) is 0 Å². The predicted octanol–water partition coefficient (Wildman–Crippen LogP) is 1.26. The van der Waals surface area contributed by atoms with Gasteiger partial charge in [0.1, 0.15) is 0 Å². The fourth-order valence-corrected chi connectivity index (χ4v) is 1.40. The molecule has 0 aliphatic rings. The number of aldehydes is 1. The third kappa shape index (κ3) is 2.50. The molecule has 62 valence electrons. The topological polar surface area (TPSA) is 43.1 Å². The maximum atomic E-state index is 10.3. The minimum absolute atomic E-state index is 0.582. The summed E-state index contributed by atoms with van der Waals surface area (Å²) in [7, 11) is 0. The number of hydrogen-bond acceptors (Lipinski definition) is 3. The van der Waals surface area contributed by atoms with E-state index in [1.54, 1.807) is 6.07 Å². The molecule has 0 fully saturated rings. The summed E-state index contributed by atoms with van der Waals surface area (Å²) in [6.07, 6.45) is 1.53. The minimum atomic E-state index is 0.582. The first-order valence-electron chi connectivity index (χ1n) is 3.61. The van der Waals surface area contributed by atoms with Crippen LogP contribution >= 0.6 is 11.3 Å². The number of rotatable bonds is 2. The van der Waals surface area contributed by atoms with Gasteiger partial charge in [-0.3, -0.25) is 4.79 Å². The van der Waals surface area contributed by atoms with E-state index in [1.807, 2.05) is 6.07 Å². The molecule has 0 unspecified atom stereocenters. The zero-order chi connectivity index (χ0) is 8.81. The van der Waals surface area contributed by atoms with E-state index in [4.69, 9.17) is 5.73 Å². The van der Waals surface area contributed by atoms with Gasteiger partial charge in [-0.15, -0.1) is 11.3 Å². The SMILES string of the molecule is NCCC#Cc1ccc(C=O)s1. The van der Waals surface area contributed by atoms with Gasteiger partial charge >= 0.3 is 0 Å². The first-order chi connectivity index (χ1) is 5.86. The first kappa shape index (κ1) is 8.98. The maximum Gasteiger partial charge on any atom is 0.160 e. The Morgan fingerprint density at radius 1 is 1.58 bits per heavy atom. The molecule has 0 aromatic carbocycles. The van der Waals surface area contributed by atoms with Gasteiger partial charge in [-0.05, 0) is 12.1 Å². The normalized spacial score (nSPS) is 8.75. The van der Waals surface area contributed by atoms with Gasteiger partial charge in [0.25, 0.3) is 0 Å². The summed E-state index contributed by atoms with van der Waals surface area (Å²) in [4.78, 5) is 11.9. The Morgan fingerprint density at radius 3 is 3.00 bits per heavy atom. The molecule has 1 rings (SSSR count). The lowest BCUT2D eigenvalue weighted by Gasteiger charge is -1.78. The van der Waals surface area contributed by atoms with Crippen LogP contribution in [0.3, 0.4) is 0 Å². The van der Waals surface area contributed by atoms with Crippen molar-refractivity contribution in [3.05, 3.63) is 21.9 Å². The highest BCUT2D eigenvalue weighted by Crippen LogP contribution is 2.12. The largest absolute Gasteiger partial charge is 0.330 e. The number of thiophene rings is 1. The van der Waals surface area contributed by atoms with E-state index in [0.29, 0.717) is 17.8 Å². The average molecular weight is 179 g/mol. The van der Waals surface area contributed by atoms with Crippen LogP contribution in [0.15, 0.2) is 12.1 Å². The monoisotopic (exact) mass is 179 g/mol. The molecule has 0 saturated heterocycles. The molecule has 2 N–H and O–H groups in total. The fourth-order valence-electron chi connectivity index (χ4n) is 0.705. The lowest BCUT2D eigenvalue weighted by Crippen LogP contribution is -1.95. The summed E-state index contributed by atoms with van der Waals surface area (Å²) >= 11 is 1.40. The van der Waals surface area contributed by atoms with Crippen molar-refractivity contribution in [3.63, 3.8) is 0 Å². The highest BCUT2D eigenvalue weighted by Gasteiger charge is 1.93. The van der Waals surface area contributed by atoms with E-state index in [2.05, 4.69) is 11.8 Å². The van der Waals surface area contributed by atoms with Gasteiger partial charge in [0.15, 0.2) is 6.29 Å². The van der Waals surface area contributed by atoms with Gasteiger partial charge in [-0.2, -0.15) is 0 Å². The molecule has 1 aromatic rings. The van der Waals surface area contributed by atoms with E-state index in [9.17, 15) is 4.79 Å². The van der Waals surface area contributed by atoms with E-state index < -0.39 is 0 Å². The number of nitrogens with two attached hydrogens (primary N) is 1.